The van der Waals surface area contributed by atoms with Crippen molar-refractivity contribution in [2.45, 2.75) is 25.9 Å². The molecule has 1 atom stereocenters. The second-order valence-corrected chi connectivity index (χ2v) is 11.0. The molecule has 1 aliphatic rings. The third kappa shape index (κ3) is 4.46. The Balaban J connectivity index is 1.36. The van der Waals surface area contributed by atoms with Crippen molar-refractivity contribution in [2.75, 3.05) is 18.1 Å². The van der Waals surface area contributed by atoms with E-state index in [9.17, 15) is 4.79 Å². The number of nitrogens with zero attached hydrogens (tertiary/aromatic N) is 4. The topological polar surface area (TPSA) is 60.2 Å². The van der Waals surface area contributed by atoms with Crippen LogP contribution in [0.2, 0.25) is 5.02 Å². The van der Waals surface area contributed by atoms with Crippen LogP contribution >= 0.6 is 34.3 Å². The van der Waals surface area contributed by atoms with Gasteiger partial charge in [0.2, 0.25) is 0 Å². The van der Waals surface area contributed by atoms with Crippen molar-refractivity contribution < 1.29 is 9.53 Å². The first kappa shape index (κ1) is 23.4. The summed E-state index contributed by atoms with van der Waals surface area (Å²) in [7, 11) is 0. The summed E-state index contributed by atoms with van der Waals surface area (Å²) < 4.78 is 7.81. The van der Waals surface area contributed by atoms with E-state index in [1.165, 1.54) is 22.7 Å². The highest BCUT2D eigenvalue weighted by Crippen LogP contribution is 2.34. The number of aromatic nitrogens is 3. The van der Waals surface area contributed by atoms with Crippen LogP contribution in [0.25, 0.3) is 27.2 Å². The van der Waals surface area contributed by atoms with Crippen molar-refractivity contribution in [3.05, 3.63) is 81.6 Å². The highest BCUT2D eigenvalue weighted by Gasteiger charge is 2.29. The van der Waals surface area contributed by atoms with Crippen LogP contribution in [0.1, 0.15) is 28.2 Å². The van der Waals surface area contributed by atoms with Crippen molar-refractivity contribution in [1.82, 2.24) is 14.8 Å². The molecular weight excluding hydrogens is 512 g/mol. The van der Waals surface area contributed by atoms with Crippen LogP contribution in [-0.2, 0) is 4.74 Å². The third-order valence-corrected chi connectivity index (χ3v) is 8.49. The summed E-state index contributed by atoms with van der Waals surface area (Å²) in [5.74, 6) is -0.0669. The van der Waals surface area contributed by atoms with Gasteiger partial charge in [-0.3, -0.25) is 9.69 Å². The van der Waals surface area contributed by atoms with Crippen LogP contribution in [0.4, 0.5) is 5.13 Å². The number of para-hydroxylation sites is 1. The molecule has 9 heteroatoms. The summed E-state index contributed by atoms with van der Waals surface area (Å²) in [4.78, 5) is 22.2. The number of anilines is 1. The molecule has 36 heavy (non-hydrogen) atoms. The first-order chi connectivity index (χ1) is 17.6. The van der Waals surface area contributed by atoms with Gasteiger partial charge in [0.05, 0.1) is 34.6 Å². The van der Waals surface area contributed by atoms with Gasteiger partial charge in [-0.1, -0.05) is 41.9 Å². The van der Waals surface area contributed by atoms with Gasteiger partial charge in [-0.2, -0.15) is 5.10 Å². The normalized spacial score (nSPS) is 15.6. The molecule has 0 radical (unpaired) electrons. The zero-order valence-corrected chi connectivity index (χ0v) is 21.9. The molecule has 182 valence electrons. The van der Waals surface area contributed by atoms with Gasteiger partial charge in [0.25, 0.3) is 5.91 Å². The third-order valence-electron chi connectivity index (χ3n) is 6.27. The van der Waals surface area contributed by atoms with Crippen molar-refractivity contribution in [3.63, 3.8) is 0 Å². The Morgan fingerprint density at radius 1 is 1.19 bits per heavy atom. The molecule has 0 N–H and O–H groups in total. The number of rotatable bonds is 6. The van der Waals surface area contributed by atoms with Crippen LogP contribution < -0.4 is 4.90 Å². The summed E-state index contributed by atoms with van der Waals surface area (Å²) in [5, 5.41) is 9.03. The molecule has 4 heterocycles. The average molecular weight is 535 g/mol. The first-order valence-corrected chi connectivity index (χ1v) is 13.8. The van der Waals surface area contributed by atoms with Crippen molar-refractivity contribution in [1.29, 1.82) is 0 Å². The standard InChI is InChI=1S/C27H23ClN4O2S2/c1-17-22-14-24(36-26(22)32(30-17)20-6-3-2-4-7-20)25(33)31(15-21-8-5-13-34-21)27-29-23(16-35-27)18-9-11-19(28)12-10-18/h2-4,6-7,9-12,14,16,21H,5,8,13,15H2,1H3/t21-/m0/s1. The molecule has 0 spiro atoms. The molecule has 3 aromatic heterocycles. The van der Waals surface area contributed by atoms with Crippen LogP contribution in [0.15, 0.2) is 66.0 Å². The fraction of sp³-hybridized carbons (Fsp3) is 0.222. The van der Waals surface area contributed by atoms with Crippen LogP contribution in [-0.4, -0.2) is 39.9 Å². The summed E-state index contributed by atoms with van der Waals surface area (Å²) >= 11 is 8.99. The van der Waals surface area contributed by atoms with Crippen molar-refractivity contribution in [2.24, 2.45) is 0 Å². The van der Waals surface area contributed by atoms with E-state index in [4.69, 9.17) is 26.4 Å². The van der Waals surface area contributed by atoms with Gasteiger partial charge in [-0.15, -0.1) is 22.7 Å². The summed E-state index contributed by atoms with van der Waals surface area (Å²) in [6.45, 7) is 3.19. The second kappa shape index (κ2) is 9.78. The zero-order valence-electron chi connectivity index (χ0n) is 19.6. The lowest BCUT2D eigenvalue weighted by molar-refractivity contribution is 0.0920. The van der Waals surface area contributed by atoms with Gasteiger partial charge in [0.1, 0.15) is 4.83 Å². The number of carbonyl (C=O) groups is 1. The second-order valence-electron chi connectivity index (χ2n) is 8.74. The lowest BCUT2D eigenvalue weighted by Crippen LogP contribution is -2.37. The maximum atomic E-state index is 14.0. The van der Waals surface area contributed by atoms with Gasteiger partial charge in [0, 0.05) is 28.0 Å². The van der Waals surface area contributed by atoms with E-state index in [2.05, 4.69) is 0 Å². The molecule has 0 unspecified atom stereocenters. The van der Waals surface area contributed by atoms with E-state index < -0.39 is 0 Å². The number of halogens is 1. The summed E-state index contributed by atoms with van der Waals surface area (Å²) in [6, 6.07) is 19.5. The Morgan fingerprint density at radius 2 is 2.00 bits per heavy atom. The molecule has 0 bridgehead atoms. The Morgan fingerprint density at radius 3 is 2.75 bits per heavy atom. The summed E-state index contributed by atoms with van der Waals surface area (Å²) in [5.41, 5.74) is 3.66. The smallest absolute Gasteiger partial charge is 0.270 e. The molecule has 0 aliphatic carbocycles. The Kier molecular flexibility index (Phi) is 6.35. The number of ether oxygens (including phenoxy) is 1. The van der Waals surface area contributed by atoms with Gasteiger partial charge >= 0.3 is 0 Å². The Bertz CT molecular complexity index is 1520. The van der Waals surface area contributed by atoms with E-state index in [1.54, 1.807) is 4.90 Å². The van der Waals surface area contributed by atoms with E-state index in [0.717, 1.165) is 52.3 Å². The fourth-order valence-electron chi connectivity index (χ4n) is 4.41. The predicted octanol–water partition coefficient (Wildman–Crippen LogP) is 7.00. The number of aryl methyl sites for hydroxylation is 1. The zero-order chi connectivity index (χ0) is 24.6. The van der Waals surface area contributed by atoms with Gasteiger partial charge in [-0.05, 0) is 50.1 Å². The van der Waals surface area contributed by atoms with Crippen molar-refractivity contribution >= 4 is 55.5 Å². The molecule has 2 aromatic carbocycles. The summed E-state index contributed by atoms with van der Waals surface area (Å²) in [6.07, 6.45) is 1.95. The van der Waals surface area contributed by atoms with Crippen LogP contribution in [0, 0.1) is 6.92 Å². The van der Waals surface area contributed by atoms with Gasteiger partial charge in [-0.25, -0.2) is 9.67 Å². The van der Waals surface area contributed by atoms with Gasteiger partial charge in [0.15, 0.2) is 5.13 Å². The molecule has 6 nitrogen and oxygen atoms in total. The highest BCUT2D eigenvalue weighted by molar-refractivity contribution is 7.20. The quantitative estimate of drug-likeness (QED) is 0.235. The predicted molar refractivity (Wildman–Crippen MR) is 147 cm³/mol. The number of benzene rings is 2. The van der Waals surface area contributed by atoms with Gasteiger partial charge < -0.3 is 4.74 Å². The molecule has 1 saturated heterocycles. The fourth-order valence-corrected chi connectivity index (χ4v) is 6.51. The Hall–Kier alpha value is -3.04. The minimum absolute atomic E-state index is 0.00718. The number of carbonyl (C=O) groups excluding carboxylic acids is 1. The van der Waals surface area contributed by atoms with E-state index in [1.807, 2.05) is 77.6 Å². The minimum atomic E-state index is -0.0669. The first-order valence-electron chi connectivity index (χ1n) is 11.8. The van der Waals surface area contributed by atoms with E-state index in [-0.39, 0.29) is 12.0 Å². The lowest BCUT2D eigenvalue weighted by atomic mass is 10.2. The molecular formula is C27H23ClN4O2S2. The lowest BCUT2D eigenvalue weighted by Gasteiger charge is -2.22. The average Bonchev–Trinajstić information content (AvgIpc) is 3.69. The molecule has 1 fully saturated rings. The maximum Gasteiger partial charge on any atom is 0.270 e. The molecule has 6 rings (SSSR count). The Labute approximate surface area is 221 Å². The largest absolute Gasteiger partial charge is 0.376 e. The van der Waals surface area contributed by atoms with E-state index >= 15 is 0 Å². The number of hydrogen-bond acceptors (Lipinski definition) is 6. The van der Waals surface area contributed by atoms with Crippen LogP contribution in [0.5, 0.6) is 0 Å². The number of thiophene rings is 1. The molecule has 1 amide bonds. The van der Waals surface area contributed by atoms with E-state index in [0.29, 0.717) is 21.6 Å². The number of hydrogen-bond donors (Lipinski definition) is 0. The minimum Gasteiger partial charge on any atom is -0.376 e. The highest BCUT2D eigenvalue weighted by atomic mass is 35.5. The van der Waals surface area contributed by atoms with Crippen molar-refractivity contribution in [3.8, 4) is 16.9 Å². The maximum absolute atomic E-state index is 14.0. The van der Waals surface area contributed by atoms with Crippen LogP contribution in [0.3, 0.4) is 0 Å². The SMILES string of the molecule is Cc1nn(-c2ccccc2)c2sc(C(=O)N(C[C@@H]3CCCO3)c3nc(-c4ccc(Cl)cc4)cs3)cc12. The monoisotopic (exact) mass is 534 g/mol. The molecule has 1 aliphatic heterocycles. The number of amides is 1. The molecule has 5 aromatic rings. The molecule has 0 saturated carbocycles. The number of thiazole rings is 1. The number of fused-ring (bicyclic) bond motifs is 1.